The molecule has 1 fully saturated rings. The van der Waals surface area contributed by atoms with Crippen LogP contribution in [0.1, 0.15) is 57.6 Å². The molecule has 20 heavy (non-hydrogen) atoms. The summed E-state index contributed by atoms with van der Waals surface area (Å²) in [5, 5.41) is 3.16. The molecule has 3 atom stereocenters. The third-order valence-corrected chi connectivity index (χ3v) is 4.48. The zero-order chi connectivity index (χ0) is 14.5. The first-order valence-corrected chi connectivity index (χ1v) is 7.77. The maximum Gasteiger partial charge on any atom is 0.124 e. The highest BCUT2D eigenvalue weighted by Crippen LogP contribution is 2.32. The van der Waals surface area contributed by atoms with Crippen LogP contribution in [0.5, 0.6) is 5.75 Å². The summed E-state index contributed by atoms with van der Waals surface area (Å²) in [6.07, 6.45) is 6.30. The van der Waals surface area contributed by atoms with E-state index in [0.29, 0.717) is 0 Å². The summed E-state index contributed by atoms with van der Waals surface area (Å²) in [6, 6.07) is 4.93. The molecule has 1 saturated carbocycles. The highest BCUT2D eigenvalue weighted by molar-refractivity contribution is 5.36. The Morgan fingerprint density at radius 1 is 1.40 bits per heavy atom. The van der Waals surface area contributed by atoms with Crippen LogP contribution in [0.4, 0.5) is 4.39 Å². The number of hydrogen-bond donors (Lipinski definition) is 1. The van der Waals surface area contributed by atoms with Crippen LogP contribution in [0.15, 0.2) is 18.2 Å². The van der Waals surface area contributed by atoms with E-state index in [0.717, 1.165) is 30.1 Å². The van der Waals surface area contributed by atoms with E-state index in [2.05, 4.69) is 12.2 Å². The molecule has 0 radical (unpaired) electrons. The predicted octanol–water partition coefficient (Wildman–Crippen LogP) is 4.45. The summed E-state index contributed by atoms with van der Waals surface area (Å²) in [6.45, 7) is 4.27. The van der Waals surface area contributed by atoms with Crippen molar-refractivity contribution >= 4 is 0 Å². The number of halogens is 1. The lowest BCUT2D eigenvalue weighted by Gasteiger charge is -2.30. The summed E-state index contributed by atoms with van der Waals surface area (Å²) < 4.78 is 19.6. The van der Waals surface area contributed by atoms with Crippen molar-refractivity contribution < 1.29 is 9.13 Å². The van der Waals surface area contributed by atoms with E-state index in [9.17, 15) is 4.39 Å². The number of nitrogens with one attached hydrogen (secondary N) is 1. The molecule has 1 N–H and O–H groups in total. The number of ether oxygens (including phenoxy) is 1. The second kappa shape index (κ2) is 7.07. The quantitative estimate of drug-likeness (QED) is 0.859. The monoisotopic (exact) mass is 279 g/mol. The summed E-state index contributed by atoms with van der Waals surface area (Å²) in [5.74, 6) is 1.40. The molecular formula is C17H26FNO. The number of benzene rings is 1. The van der Waals surface area contributed by atoms with Gasteiger partial charge in [-0.1, -0.05) is 19.8 Å². The van der Waals surface area contributed by atoms with Gasteiger partial charge in [0.25, 0.3) is 0 Å². The van der Waals surface area contributed by atoms with Gasteiger partial charge in [0.15, 0.2) is 0 Å². The molecule has 0 amide bonds. The zero-order valence-corrected chi connectivity index (χ0v) is 12.8. The highest BCUT2D eigenvalue weighted by atomic mass is 19.1. The standard InChI is InChI=1S/C17H26FNO/c1-4-13-6-5-7-15(10-13)20-17-9-8-14(18)11-16(17)12(2)19-3/h8-9,11-13,15,19H,4-7,10H2,1-3H3. The van der Waals surface area contributed by atoms with Gasteiger partial charge in [0, 0.05) is 11.6 Å². The van der Waals surface area contributed by atoms with Gasteiger partial charge in [0.2, 0.25) is 0 Å². The smallest absolute Gasteiger partial charge is 0.124 e. The summed E-state index contributed by atoms with van der Waals surface area (Å²) in [7, 11) is 1.88. The Hall–Kier alpha value is -1.09. The second-order valence-corrected chi connectivity index (χ2v) is 5.87. The average Bonchev–Trinajstić information content (AvgIpc) is 2.48. The topological polar surface area (TPSA) is 21.3 Å². The van der Waals surface area contributed by atoms with E-state index < -0.39 is 0 Å². The molecule has 112 valence electrons. The maximum atomic E-state index is 13.5. The molecule has 2 nitrogen and oxygen atoms in total. The van der Waals surface area contributed by atoms with Gasteiger partial charge in [0.05, 0.1) is 6.10 Å². The Labute approximate surface area is 121 Å². The van der Waals surface area contributed by atoms with Gasteiger partial charge in [-0.25, -0.2) is 4.39 Å². The van der Waals surface area contributed by atoms with Crippen molar-refractivity contribution in [3.8, 4) is 5.75 Å². The third-order valence-electron chi connectivity index (χ3n) is 4.48. The first-order chi connectivity index (χ1) is 9.63. The van der Waals surface area contributed by atoms with Gasteiger partial charge in [-0.2, -0.15) is 0 Å². The minimum Gasteiger partial charge on any atom is -0.490 e. The first kappa shape index (κ1) is 15.3. The minimum absolute atomic E-state index is 0.0891. The molecular weight excluding hydrogens is 253 g/mol. The zero-order valence-electron chi connectivity index (χ0n) is 12.8. The van der Waals surface area contributed by atoms with Crippen LogP contribution in [0.25, 0.3) is 0 Å². The van der Waals surface area contributed by atoms with Crippen LogP contribution in [0, 0.1) is 11.7 Å². The van der Waals surface area contributed by atoms with Crippen molar-refractivity contribution in [1.82, 2.24) is 5.32 Å². The first-order valence-electron chi connectivity index (χ1n) is 7.77. The molecule has 0 aromatic heterocycles. The van der Waals surface area contributed by atoms with Crippen LogP contribution in [-0.2, 0) is 0 Å². The molecule has 0 bridgehead atoms. The SMILES string of the molecule is CCC1CCCC(Oc2ccc(F)cc2C(C)NC)C1. The molecule has 1 aliphatic carbocycles. The van der Waals surface area contributed by atoms with Crippen LogP contribution in [0.3, 0.4) is 0 Å². The predicted molar refractivity (Wildman–Crippen MR) is 80.5 cm³/mol. The normalized spacial score (nSPS) is 24.4. The fraction of sp³-hybridized carbons (Fsp3) is 0.647. The lowest BCUT2D eigenvalue weighted by atomic mass is 9.85. The van der Waals surface area contributed by atoms with Crippen LogP contribution in [-0.4, -0.2) is 13.2 Å². The Kier molecular flexibility index (Phi) is 5.41. The average molecular weight is 279 g/mol. The Balaban J connectivity index is 2.12. The molecule has 0 heterocycles. The van der Waals surface area contributed by atoms with Gasteiger partial charge in [-0.3, -0.25) is 0 Å². The minimum atomic E-state index is -0.204. The van der Waals surface area contributed by atoms with Gasteiger partial charge < -0.3 is 10.1 Å². The molecule has 0 saturated heterocycles. The molecule has 1 aromatic carbocycles. The number of hydrogen-bond acceptors (Lipinski definition) is 2. The molecule has 1 aromatic rings. The van der Waals surface area contributed by atoms with Crippen molar-refractivity contribution in [2.24, 2.45) is 5.92 Å². The van der Waals surface area contributed by atoms with Crippen molar-refractivity contribution in [2.45, 2.75) is 58.1 Å². The highest BCUT2D eigenvalue weighted by Gasteiger charge is 2.23. The second-order valence-electron chi connectivity index (χ2n) is 5.87. The van der Waals surface area contributed by atoms with E-state index in [1.54, 1.807) is 12.1 Å². The van der Waals surface area contributed by atoms with Crippen molar-refractivity contribution in [2.75, 3.05) is 7.05 Å². The molecule has 1 aliphatic rings. The molecule has 2 rings (SSSR count). The Morgan fingerprint density at radius 2 is 2.20 bits per heavy atom. The van der Waals surface area contributed by atoms with Crippen molar-refractivity contribution in [3.63, 3.8) is 0 Å². The van der Waals surface area contributed by atoms with Crippen LogP contribution in [0.2, 0.25) is 0 Å². The van der Waals surface area contributed by atoms with E-state index in [1.807, 2.05) is 14.0 Å². The van der Waals surface area contributed by atoms with E-state index in [-0.39, 0.29) is 18.0 Å². The summed E-state index contributed by atoms with van der Waals surface area (Å²) in [5.41, 5.74) is 0.908. The summed E-state index contributed by atoms with van der Waals surface area (Å²) in [4.78, 5) is 0. The van der Waals surface area contributed by atoms with Crippen molar-refractivity contribution in [3.05, 3.63) is 29.6 Å². The molecule has 0 spiro atoms. The summed E-state index contributed by atoms with van der Waals surface area (Å²) >= 11 is 0. The number of rotatable bonds is 5. The molecule has 3 unspecified atom stereocenters. The lowest BCUT2D eigenvalue weighted by Crippen LogP contribution is -2.26. The van der Waals surface area contributed by atoms with E-state index >= 15 is 0 Å². The van der Waals surface area contributed by atoms with Gasteiger partial charge in [0.1, 0.15) is 11.6 Å². The third kappa shape index (κ3) is 3.72. The van der Waals surface area contributed by atoms with Crippen molar-refractivity contribution in [1.29, 1.82) is 0 Å². The Bertz CT molecular complexity index is 435. The Morgan fingerprint density at radius 3 is 2.90 bits per heavy atom. The van der Waals surface area contributed by atoms with Gasteiger partial charge in [-0.15, -0.1) is 0 Å². The fourth-order valence-electron chi connectivity index (χ4n) is 3.02. The van der Waals surface area contributed by atoms with Gasteiger partial charge in [-0.05, 0) is 57.4 Å². The molecule has 3 heteroatoms. The van der Waals surface area contributed by atoms with E-state index in [1.165, 1.54) is 25.3 Å². The van der Waals surface area contributed by atoms with E-state index in [4.69, 9.17) is 4.74 Å². The fourth-order valence-corrected chi connectivity index (χ4v) is 3.02. The molecule has 0 aliphatic heterocycles. The largest absolute Gasteiger partial charge is 0.490 e. The maximum absolute atomic E-state index is 13.5. The van der Waals surface area contributed by atoms with Crippen LogP contribution < -0.4 is 10.1 Å². The van der Waals surface area contributed by atoms with Crippen LogP contribution >= 0.6 is 0 Å². The lowest BCUT2D eigenvalue weighted by molar-refractivity contribution is 0.120. The van der Waals surface area contributed by atoms with Gasteiger partial charge >= 0.3 is 0 Å².